The van der Waals surface area contributed by atoms with Gasteiger partial charge in [-0.15, -0.1) is 0 Å². The maximum Gasteiger partial charge on any atom is 0.231 e. The van der Waals surface area contributed by atoms with Gasteiger partial charge in [0, 0.05) is 13.2 Å². The van der Waals surface area contributed by atoms with Crippen LogP contribution in [0.4, 0.5) is 0 Å². The molecule has 0 fully saturated rings. The molecule has 1 aliphatic rings. The Balaban J connectivity index is 2.52. The Labute approximate surface area is 96.0 Å². The molecule has 0 bridgehead atoms. The van der Waals surface area contributed by atoms with Crippen molar-refractivity contribution in [2.75, 3.05) is 19.8 Å². The first-order chi connectivity index (χ1) is 7.69. The van der Waals surface area contributed by atoms with Crippen LogP contribution < -0.4 is 11.1 Å². The second kappa shape index (κ2) is 6.62. The first-order valence-electron chi connectivity index (χ1n) is 5.62. The summed E-state index contributed by atoms with van der Waals surface area (Å²) < 4.78 is 11.1. The smallest absolute Gasteiger partial charge is 0.231 e. The van der Waals surface area contributed by atoms with E-state index in [1.54, 1.807) is 0 Å². The highest BCUT2D eigenvalue weighted by molar-refractivity contribution is 5.75. The van der Waals surface area contributed by atoms with E-state index in [2.05, 4.69) is 5.32 Å². The summed E-state index contributed by atoms with van der Waals surface area (Å²) in [5, 5.41) is 3.06. The molecule has 16 heavy (non-hydrogen) atoms. The van der Waals surface area contributed by atoms with E-state index in [-0.39, 0.29) is 30.7 Å². The lowest BCUT2D eigenvalue weighted by Crippen LogP contribution is -2.48. The minimum absolute atomic E-state index is 0.0348. The van der Waals surface area contributed by atoms with Crippen LogP contribution in [0.15, 0.2) is 12.2 Å². The highest BCUT2D eigenvalue weighted by Crippen LogP contribution is 2.18. The molecule has 0 aliphatic heterocycles. The lowest BCUT2D eigenvalue weighted by molar-refractivity contribution is -0.117. The van der Waals surface area contributed by atoms with Crippen LogP contribution in [0.25, 0.3) is 0 Å². The molecule has 1 unspecified atom stereocenters. The summed E-state index contributed by atoms with van der Waals surface area (Å²) in [4.78, 5) is 10.7. The van der Waals surface area contributed by atoms with E-state index in [4.69, 9.17) is 15.2 Å². The first-order valence-corrected chi connectivity index (χ1v) is 5.62. The molecule has 1 rings (SSSR count). The van der Waals surface area contributed by atoms with Crippen LogP contribution in [-0.4, -0.2) is 43.9 Å². The summed E-state index contributed by atoms with van der Waals surface area (Å²) in [5.41, 5.74) is 5.11. The monoisotopic (exact) mass is 228 g/mol. The number of hydrogen-bond donors (Lipinski definition) is 2. The lowest BCUT2D eigenvalue weighted by atomic mass is 10.1. The van der Waals surface area contributed by atoms with E-state index in [1.165, 1.54) is 0 Å². The number of rotatable bonds is 7. The topological polar surface area (TPSA) is 73.6 Å². The van der Waals surface area contributed by atoms with Crippen LogP contribution in [0.2, 0.25) is 0 Å². The average Bonchev–Trinajstić information content (AvgIpc) is 2.59. The van der Waals surface area contributed by atoms with Crippen LogP contribution in [0.1, 0.15) is 13.8 Å². The summed E-state index contributed by atoms with van der Waals surface area (Å²) >= 11 is 0. The number of nitrogens with two attached hydrogens (primary N) is 1. The minimum Gasteiger partial charge on any atom is -0.373 e. The second-order valence-electron chi connectivity index (χ2n) is 3.60. The minimum atomic E-state index is -0.377. The summed E-state index contributed by atoms with van der Waals surface area (Å²) in [5.74, 6) is -0.377. The Kier molecular flexibility index (Phi) is 5.45. The zero-order chi connectivity index (χ0) is 12.0. The fourth-order valence-corrected chi connectivity index (χ4v) is 1.80. The normalized spacial score (nSPS) is 28.5. The molecule has 92 valence electrons. The number of ether oxygens (including phenoxy) is 2. The largest absolute Gasteiger partial charge is 0.373 e. The fraction of sp³-hybridized carbons (Fsp3) is 0.727. The Hall–Kier alpha value is -0.910. The molecular formula is C11H20N2O3. The molecule has 0 saturated carbocycles. The maximum atomic E-state index is 10.7. The van der Waals surface area contributed by atoms with Crippen LogP contribution in [0.3, 0.4) is 0 Å². The van der Waals surface area contributed by atoms with Crippen molar-refractivity contribution < 1.29 is 14.3 Å². The van der Waals surface area contributed by atoms with Crippen molar-refractivity contribution in [3.63, 3.8) is 0 Å². The van der Waals surface area contributed by atoms with Crippen LogP contribution >= 0.6 is 0 Å². The molecule has 5 heteroatoms. The van der Waals surface area contributed by atoms with Crippen molar-refractivity contribution in [1.82, 2.24) is 5.32 Å². The van der Waals surface area contributed by atoms with E-state index in [1.807, 2.05) is 26.0 Å². The fourth-order valence-electron chi connectivity index (χ4n) is 1.80. The van der Waals surface area contributed by atoms with Crippen molar-refractivity contribution in [1.29, 1.82) is 0 Å². The Morgan fingerprint density at radius 2 is 1.75 bits per heavy atom. The second-order valence-corrected chi connectivity index (χ2v) is 3.60. The molecule has 3 atom stereocenters. The molecule has 0 spiro atoms. The summed E-state index contributed by atoms with van der Waals surface area (Å²) in [6.07, 6.45) is 3.81. The zero-order valence-electron chi connectivity index (χ0n) is 9.81. The average molecular weight is 228 g/mol. The molecule has 5 nitrogen and oxygen atoms in total. The third-order valence-electron chi connectivity index (χ3n) is 2.43. The standard InChI is InChI=1S/C11H20N2O3/c1-3-15-8-5-6-9(16-4-2)11(8)13-7-10(12)14/h5-6,8-9,11,13H,3-4,7H2,1-2H3,(H2,12,14)/t8-,9+,11?. The highest BCUT2D eigenvalue weighted by atomic mass is 16.5. The van der Waals surface area contributed by atoms with Crippen LogP contribution in [0, 0.1) is 0 Å². The van der Waals surface area contributed by atoms with Gasteiger partial charge in [-0.2, -0.15) is 0 Å². The van der Waals surface area contributed by atoms with Gasteiger partial charge in [0.1, 0.15) is 0 Å². The Morgan fingerprint density at radius 1 is 1.25 bits per heavy atom. The first kappa shape index (κ1) is 13.2. The summed E-state index contributed by atoms with van der Waals surface area (Å²) in [7, 11) is 0. The number of hydrogen-bond acceptors (Lipinski definition) is 4. The molecule has 1 amide bonds. The van der Waals surface area contributed by atoms with Gasteiger partial charge in [-0.3, -0.25) is 4.79 Å². The molecular weight excluding hydrogens is 208 g/mol. The van der Waals surface area contributed by atoms with E-state index in [0.717, 1.165) is 0 Å². The lowest BCUT2D eigenvalue weighted by Gasteiger charge is -2.25. The maximum absolute atomic E-state index is 10.7. The Morgan fingerprint density at radius 3 is 2.12 bits per heavy atom. The summed E-state index contributed by atoms with van der Waals surface area (Å²) in [6, 6.07) is -0.0348. The van der Waals surface area contributed by atoms with Gasteiger partial charge in [-0.05, 0) is 13.8 Å². The van der Waals surface area contributed by atoms with Gasteiger partial charge in [0.25, 0.3) is 0 Å². The molecule has 0 aromatic heterocycles. The van der Waals surface area contributed by atoms with Crippen molar-refractivity contribution >= 4 is 5.91 Å². The van der Waals surface area contributed by atoms with Crippen LogP contribution in [-0.2, 0) is 14.3 Å². The van der Waals surface area contributed by atoms with Crippen molar-refractivity contribution in [2.24, 2.45) is 5.73 Å². The van der Waals surface area contributed by atoms with Gasteiger partial charge in [0.15, 0.2) is 0 Å². The van der Waals surface area contributed by atoms with Crippen molar-refractivity contribution in [3.05, 3.63) is 12.2 Å². The highest BCUT2D eigenvalue weighted by Gasteiger charge is 2.32. The van der Waals surface area contributed by atoms with E-state index in [9.17, 15) is 4.79 Å². The molecule has 0 saturated heterocycles. The SMILES string of the molecule is CCO[C@H]1C=C[C@@H](OCC)C1NCC(N)=O. The van der Waals surface area contributed by atoms with Gasteiger partial charge in [-0.25, -0.2) is 0 Å². The number of primary amides is 1. The number of nitrogens with one attached hydrogen (secondary N) is 1. The molecule has 0 aromatic rings. The predicted molar refractivity (Wildman–Crippen MR) is 61.0 cm³/mol. The van der Waals surface area contributed by atoms with Gasteiger partial charge in [0.2, 0.25) is 5.91 Å². The van der Waals surface area contributed by atoms with Crippen molar-refractivity contribution in [2.45, 2.75) is 32.1 Å². The molecule has 0 aromatic carbocycles. The summed E-state index contributed by atoms with van der Waals surface area (Å²) in [6.45, 7) is 5.27. The van der Waals surface area contributed by atoms with E-state index < -0.39 is 0 Å². The molecule has 0 radical (unpaired) electrons. The quantitative estimate of drug-likeness (QED) is 0.592. The number of carbonyl (C=O) groups excluding carboxylic acids is 1. The number of amides is 1. The van der Waals surface area contributed by atoms with Gasteiger partial charge >= 0.3 is 0 Å². The van der Waals surface area contributed by atoms with Gasteiger partial charge in [0.05, 0.1) is 24.8 Å². The van der Waals surface area contributed by atoms with Crippen molar-refractivity contribution in [3.8, 4) is 0 Å². The molecule has 0 heterocycles. The number of carbonyl (C=O) groups is 1. The predicted octanol–water partition coefficient (Wildman–Crippen LogP) is -0.190. The van der Waals surface area contributed by atoms with E-state index >= 15 is 0 Å². The third kappa shape index (κ3) is 3.59. The molecule has 1 aliphatic carbocycles. The third-order valence-corrected chi connectivity index (χ3v) is 2.43. The van der Waals surface area contributed by atoms with Gasteiger partial charge < -0.3 is 20.5 Å². The van der Waals surface area contributed by atoms with Crippen LogP contribution in [0.5, 0.6) is 0 Å². The van der Waals surface area contributed by atoms with E-state index in [0.29, 0.717) is 13.2 Å². The molecule has 3 N–H and O–H groups in total. The van der Waals surface area contributed by atoms with Gasteiger partial charge in [-0.1, -0.05) is 12.2 Å². The zero-order valence-corrected chi connectivity index (χ0v) is 9.81. The Bertz CT molecular complexity index is 240.